The van der Waals surface area contributed by atoms with Crippen LogP contribution in [0.3, 0.4) is 0 Å². The van der Waals surface area contributed by atoms with Gasteiger partial charge in [-0.05, 0) is 57.2 Å². The fraction of sp³-hybridized carbons (Fsp3) is 0.476. The lowest BCUT2D eigenvalue weighted by Gasteiger charge is -2.35. The van der Waals surface area contributed by atoms with Gasteiger partial charge in [0.1, 0.15) is 11.6 Å². The number of hydrogen-bond acceptors (Lipinski definition) is 5. The van der Waals surface area contributed by atoms with Gasteiger partial charge >= 0.3 is 0 Å². The summed E-state index contributed by atoms with van der Waals surface area (Å²) in [5.41, 5.74) is 4.83. The van der Waals surface area contributed by atoms with Gasteiger partial charge in [-0.1, -0.05) is 11.2 Å². The molecule has 1 saturated carbocycles. The maximum atomic E-state index is 12.0. The average molecular weight is 380 g/mol. The monoisotopic (exact) mass is 380 g/mol. The number of aromatic nitrogens is 3. The zero-order chi connectivity index (χ0) is 19.4. The van der Waals surface area contributed by atoms with E-state index >= 15 is 0 Å². The maximum absolute atomic E-state index is 12.0. The topological polar surface area (TPSA) is 93.2 Å². The Hall–Kier alpha value is -2.67. The van der Waals surface area contributed by atoms with Gasteiger partial charge in [-0.15, -0.1) is 0 Å². The largest absolute Gasteiger partial charge is 0.393 e. The summed E-state index contributed by atoms with van der Waals surface area (Å²) < 4.78 is 7.55. The van der Waals surface area contributed by atoms with E-state index in [1.807, 2.05) is 13.8 Å². The van der Waals surface area contributed by atoms with Crippen LogP contribution < -0.4 is 5.32 Å². The molecule has 3 aromatic rings. The van der Waals surface area contributed by atoms with Crippen molar-refractivity contribution in [2.45, 2.75) is 64.1 Å². The molecule has 3 heterocycles. The summed E-state index contributed by atoms with van der Waals surface area (Å²) >= 11 is 0. The van der Waals surface area contributed by atoms with Gasteiger partial charge < -0.3 is 19.5 Å². The predicted molar refractivity (Wildman–Crippen MR) is 104 cm³/mol. The van der Waals surface area contributed by atoms with E-state index in [1.54, 1.807) is 0 Å². The fourth-order valence-corrected chi connectivity index (χ4v) is 4.57. The zero-order valence-electron chi connectivity index (χ0n) is 16.1. The van der Waals surface area contributed by atoms with Gasteiger partial charge in [0, 0.05) is 18.0 Å². The zero-order valence-corrected chi connectivity index (χ0v) is 16.1. The number of hydrogen-bond donors (Lipinski definition) is 2. The summed E-state index contributed by atoms with van der Waals surface area (Å²) in [5, 5.41) is 17.0. The van der Waals surface area contributed by atoms with Crippen LogP contribution in [0.2, 0.25) is 0 Å². The van der Waals surface area contributed by atoms with Crippen molar-refractivity contribution in [1.82, 2.24) is 20.0 Å². The summed E-state index contributed by atoms with van der Waals surface area (Å²) in [6.07, 6.45) is 3.54. The van der Waals surface area contributed by atoms with Crippen LogP contribution in [-0.2, 0) is 4.79 Å². The van der Waals surface area contributed by atoms with Gasteiger partial charge in [0.25, 0.3) is 0 Å². The van der Waals surface area contributed by atoms with Crippen LogP contribution in [0, 0.1) is 13.8 Å². The first-order valence-corrected chi connectivity index (χ1v) is 9.94. The van der Waals surface area contributed by atoms with Crippen molar-refractivity contribution in [3.8, 4) is 11.1 Å². The number of aliphatic hydroxyl groups excluding tert-OH is 1. The van der Waals surface area contributed by atoms with E-state index in [9.17, 15) is 9.90 Å². The summed E-state index contributed by atoms with van der Waals surface area (Å²) in [7, 11) is 0. The maximum Gasteiger partial charge on any atom is 0.220 e. The highest BCUT2D eigenvalue weighted by Crippen LogP contribution is 2.39. The van der Waals surface area contributed by atoms with E-state index in [1.165, 1.54) is 0 Å². The van der Waals surface area contributed by atoms with Crippen molar-refractivity contribution < 1.29 is 14.4 Å². The number of imidazole rings is 1. The number of benzene rings is 1. The Morgan fingerprint density at radius 3 is 2.79 bits per heavy atom. The number of piperidine rings is 1. The lowest BCUT2D eigenvalue weighted by Crippen LogP contribution is -2.37. The number of aryl methyl sites for hydroxylation is 2. The third kappa shape index (κ3) is 2.73. The number of amides is 1. The quantitative estimate of drug-likeness (QED) is 0.727. The Balaban J connectivity index is 1.63. The number of aliphatic hydroxyl groups is 1. The lowest BCUT2D eigenvalue weighted by molar-refractivity contribution is -0.123. The van der Waals surface area contributed by atoms with Gasteiger partial charge in [0.15, 0.2) is 0 Å². The van der Waals surface area contributed by atoms with Crippen molar-refractivity contribution in [3.05, 3.63) is 35.5 Å². The van der Waals surface area contributed by atoms with Crippen molar-refractivity contribution in [1.29, 1.82) is 0 Å². The Labute approximate surface area is 162 Å². The molecule has 28 heavy (non-hydrogen) atoms. The minimum Gasteiger partial charge on any atom is -0.393 e. The second-order valence-corrected chi connectivity index (χ2v) is 8.03. The fourth-order valence-electron chi connectivity index (χ4n) is 4.57. The third-order valence-electron chi connectivity index (χ3n) is 6.04. The van der Waals surface area contributed by atoms with E-state index in [4.69, 9.17) is 9.51 Å². The van der Waals surface area contributed by atoms with E-state index in [0.29, 0.717) is 6.42 Å². The van der Waals surface area contributed by atoms with Crippen LogP contribution >= 0.6 is 0 Å². The number of rotatable bonds is 3. The van der Waals surface area contributed by atoms with E-state index in [0.717, 1.165) is 65.1 Å². The van der Waals surface area contributed by atoms with Crippen LogP contribution in [0.5, 0.6) is 0 Å². The standard InChI is InChI=1S/C21H24N4O3/c1-11-20(12(2)28-24-11)13-6-7-18-17(8-13)23-21(16-4-3-5-19(27)22-16)25(18)14-9-15(26)10-14/h6-8,14-16,26H,3-5,9-10H2,1-2H3,(H,22,27). The highest BCUT2D eigenvalue weighted by atomic mass is 16.5. The van der Waals surface area contributed by atoms with E-state index < -0.39 is 0 Å². The van der Waals surface area contributed by atoms with Crippen LogP contribution in [0.15, 0.2) is 22.7 Å². The Morgan fingerprint density at radius 1 is 1.29 bits per heavy atom. The molecule has 0 bridgehead atoms. The van der Waals surface area contributed by atoms with Gasteiger partial charge in [-0.3, -0.25) is 4.79 Å². The normalized spacial score (nSPS) is 25.0. The molecule has 2 fully saturated rings. The molecular formula is C21H24N4O3. The second-order valence-electron chi connectivity index (χ2n) is 8.03. The predicted octanol–water partition coefficient (Wildman–Crippen LogP) is 3.35. The molecule has 1 aliphatic carbocycles. The minimum absolute atomic E-state index is 0.0751. The highest BCUT2D eigenvalue weighted by molar-refractivity contribution is 5.84. The molecule has 146 valence electrons. The summed E-state index contributed by atoms with van der Waals surface area (Å²) in [6, 6.07) is 6.38. The number of nitrogens with zero attached hydrogens (tertiary/aromatic N) is 3. The van der Waals surface area contributed by atoms with Gasteiger partial charge in [-0.25, -0.2) is 4.98 Å². The molecule has 0 spiro atoms. The second kappa shape index (κ2) is 6.44. The van der Waals surface area contributed by atoms with E-state index in [-0.39, 0.29) is 24.1 Å². The minimum atomic E-state index is -0.252. The molecule has 5 rings (SSSR count). The van der Waals surface area contributed by atoms with Crippen molar-refractivity contribution in [3.63, 3.8) is 0 Å². The van der Waals surface area contributed by atoms with Crippen LogP contribution in [-0.4, -0.2) is 31.8 Å². The van der Waals surface area contributed by atoms with E-state index in [2.05, 4.69) is 33.2 Å². The Morgan fingerprint density at radius 2 is 2.11 bits per heavy atom. The Bertz CT molecular complexity index is 1040. The summed E-state index contributed by atoms with van der Waals surface area (Å²) in [6.45, 7) is 3.85. The Kier molecular flexibility index (Phi) is 4.01. The number of carbonyl (C=O) groups excluding carboxylic acids is 1. The molecule has 7 nitrogen and oxygen atoms in total. The van der Waals surface area contributed by atoms with Gasteiger partial charge in [0.2, 0.25) is 5.91 Å². The van der Waals surface area contributed by atoms with Gasteiger partial charge in [0.05, 0.1) is 28.9 Å². The molecule has 1 unspecified atom stereocenters. The third-order valence-corrected chi connectivity index (χ3v) is 6.04. The van der Waals surface area contributed by atoms with Crippen LogP contribution in [0.1, 0.15) is 61.5 Å². The van der Waals surface area contributed by atoms with Crippen molar-refractivity contribution >= 4 is 16.9 Å². The first-order valence-electron chi connectivity index (χ1n) is 9.94. The smallest absolute Gasteiger partial charge is 0.220 e. The SMILES string of the molecule is Cc1noc(C)c1-c1ccc2c(c1)nc(C1CCCC(=O)N1)n2C1CC(O)C1. The molecule has 0 radical (unpaired) electrons. The molecule has 1 saturated heterocycles. The van der Waals surface area contributed by atoms with Crippen molar-refractivity contribution in [2.75, 3.05) is 0 Å². The number of fused-ring (bicyclic) bond motifs is 1. The molecular weight excluding hydrogens is 356 g/mol. The van der Waals surface area contributed by atoms with Crippen LogP contribution in [0.4, 0.5) is 0 Å². The molecule has 2 aromatic heterocycles. The van der Waals surface area contributed by atoms with Gasteiger partial charge in [-0.2, -0.15) is 0 Å². The molecule has 1 aliphatic heterocycles. The first-order chi connectivity index (χ1) is 13.5. The number of carbonyl (C=O) groups is 1. The average Bonchev–Trinajstić information content (AvgIpc) is 3.18. The number of nitrogens with one attached hydrogen (secondary N) is 1. The molecule has 1 amide bonds. The highest BCUT2D eigenvalue weighted by Gasteiger charge is 2.34. The first kappa shape index (κ1) is 17.4. The summed E-state index contributed by atoms with van der Waals surface area (Å²) in [4.78, 5) is 16.9. The molecule has 2 aliphatic rings. The van der Waals surface area contributed by atoms with Crippen LogP contribution in [0.25, 0.3) is 22.2 Å². The molecule has 7 heteroatoms. The lowest BCUT2D eigenvalue weighted by atomic mass is 9.88. The molecule has 1 aromatic carbocycles. The molecule has 2 N–H and O–H groups in total. The molecule has 1 atom stereocenters. The van der Waals surface area contributed by atoms with Crippen molar-refractivity contribution in [2.24, 2.45) is 0 Å². The summed E-state index contributed by atoms with van der Waals surface area (Å²) in [5.74, 6) is 1.77.